The molecule has 1 heterocycles. The van der Waals surface area contributed by atoms with Crippen LogP contribution < -0.4 is 5.32 Å². The molecule has 3 aromatic carbocycles. The van der Waals surface area contributed by atoms with Crippen LogP contribution in [0.5, 0.6) is 0 Å². The molecule has 3 aromatic rings. The number of benzene rings is 3. The highest BCUT2D eigenvalue weighted by Gasteiger charge is 2.51. The van der Waals surface area contributed by atoms with Gasteiger partial charge in [0.2, 0.25) is 0 Å². The van der Waals surface area contributed by atoms with Crippen molar-refractivity contribution >= 4 is 12.2 Å². The molecule has 1 N–H and O–H groups in total. The maximum atomic E-state index is 13.6. The first-order valence-electron chi connectivity index (χ1n) is 13.4. The average molecular weight is 531 g/mol. The summed E-state index contributed by atoms with van der Waals surface area (Å²) in [6.07, 6.45) is -0.977. The number of alkyl carbamates (subject to hydrolysis) is 1. The Labute approximate surface area is 231 Å². The number of nitrogens with one attached hydrogen (secondary N) is 1. The molecule has 4 atom stereocenters. The molecule has 39 heavy (non-hydrogen) atoms. The van der Waals surface area contributed by atoms with E-state index in [1.165, 1.54) is 0 Å². The van der Waals surface area contributed by atoms with Crippen molar-refractivity contribution in [3.63, 3.8) is 0 Å². The van der Waals surface area contributed by atoms with Crippen LogP contribution in [0.2, 0.25) is 0 Å². The Kier molecular flexibility index (Phi) is 9.25. The van der Waals surface area contributed by atoms with Crippen LogP contribution in [-0.2, 0) is 27.4 Å². The second kappa shape index (κ2) is 12.8. The molecule has 1 saturated heterocycles. The van der Waals surface area contributed by atoms with E-state index in [0.29, 0.717) is 13.2 Å². The summed E-state index contributed by atoms with van der Waals surface area (Å²) in [6, 6.07) is 28.0. The van der Waals surface area contributed by atoms with E-state index in [1.807, 2.05) is 119 Å². The van der Waals surface area contributed by atoms with Gasteiger partial charge in [-0.3, -0.25) is 4.90 Å². The van der Waals surface area contributed by atoms with Crippen molar-refractivity contribution in [2.24, 2.45) is 5.92 Å². The second-order valence-electron chi connectivity index (χ2n) is 10.9. The summed E-state index contributed by atoms with van der Waals surface area (Å²) in [5.74, 6) is -0.212. The Balaban J connectivity index is 1.61. The molecule has 1 fully saturated rings. The summed E-state index contributed by atoms with van der Waals surface area (Å²) in [4.78, 5) is 28.4. The van der Waals surface area contributed by atoms with Gasteiger partial charge < -0.3 is 19.5 Å². The van der Waals surface area contributed by atoms with Gasteiger partial charge in [0.25, 0.3) is 0 Å². The van der Waals surface area contributed by atoms with E-state index in [2.05, 4.69) is 5.32 Å². The first-order chi connectivity index (χ1) is 18.7. The summed E-state index contributed by atoms with van der Waals surface area (Å²) in [7, 11) is 0. The van der Waals surface area contributed by atoms with Gasteiger partial charge in [-0.2, -0.15) is 0 Å². The number of amides is 2. The van der Waals surface area contributed by atoms with Gasteiger partial charge in [-0.05, 0) is 44.4 Å². The third-order valence-electron chi connectivity index (χ3n) is 6.82. The monoisotopic (exact) mass is 530 g/mol. The molecule has 7 nitrogen and oxygen atoms in total. The molecule has 0 saturated carbocycles. The van der Waals surface area contributed by atoms with Gasteiger partial charge in [-0.1, -0.05) is 91.0 Å². The topological polar surface area (TPSA) is 77.1 Å². The molecular formula is C32H38N2O5. The van der Waals surface area contributed by atoms with E-state index < -0.39 is 29.9 Å². The first-order valence-corrected chi connectivity index (χ1v) is 13.4. The van der Waals surface area contributed by atoms with Crippen molar-refractivity contribution in [2.45, 2.75) is 64.6 Å². The summed E-state index contributed by atoms with van der Waals surface area (Å²) in [6.45, 7) is 8.38. The molecule has 7 heteroatoms. The molecule has 0 radical (unpaired) electrons. The minimum Gasteiger partial charge on any atom is -0.445 e. The van der Waals surface area contributed by atoms with Crippen molar-refractivity contribution in [1.82, 2.24) is 10.2 Å². The minimum absolute atomic E-state index is 0.156. The molecule has 0 aromatic heterocycles. The largest absolute Gasteiger partial charge is 0.445 e. The summed E-state index contributed by atoms with van der Waals surface area (Å²) >= 11 is 0. The van der Waals surface area contributed by atoms with Crippen LogP contribution in [0.1, 0.15) is 50.4 Å². The molecule has 1 aliphatic rings. The molecule has 2 amide bonds. The highest BCUT2D eigenvalue weighted by atomic mass is 16.6. The molecule has 0 aliphatic carbocycles. The highest BCUT2D eigenvalue weighted by molar-refractivity contribution is 5.72. The van der Waals surface area contributed by atoms with Gasteiger partial charge >= 0.3 is 12.2 Å². The van der Waals surface area contributed by atoms with Crippen molar-refractivity contribution in [3.8, 4) is 0 Å². The van der Waals surface area contributed by atoms with Crippen LogP contribution in [0.25, 0.3) is 0 Å². The van der Waals surface area contributed by atoms with E-state index in [4.69, 9.17) is 14.2 Å². The van der Waals surface area contributed by atoms with Crippen LogP contribution >= 0.6 is 0 Å². The summed E-state index contributed by atoms with van der Waals surface area (Å²) in [5, 5.41) is 3.08. The Bertz CT molecular complexity index is 1200. The van der Waals surface area contributed by atoms with Gasteiger partial charge in [-0.25, -0.2) is 9.59 Å². The molecular weight excluding hydrogens is 492 g/mol. The number of carbonyl (C=O) groups is 2. The van der Waals surface area contributed by atoms with E-state index in [9.17, 15) is 9.59 Å². The van der Waals surface area contributed by atoms with E-state index >= 15 is 0 Å². The normalized spacial score (nSPS) is 20.9. The van der Waals surface area contributed by atoms with E-state index in [0.717, 1.165) is 16.7 Å². The lowest BCUT2D eigenvalue weighted by Gasteiger charge is -2.30. The van der Waals surface area contributed by atoms with Gasteiger partial charge in [0.1, 0.15) is 12.2 Å². The zero-order valence-electron chi connectivity index (χ0n) is 23.1. The van der Waals surface area contributed by atoms with Gasteiger partial charge in [0, 0.05) is 12.0 Å². The lowest BCUT2D eigenvalue weighted by molar-refractivity contribution is 0.0424. The number of hydrogen-bond acceptors (Lipinski definition) is 5. The SMILES string of the molecule is C[C@H]1[C@@H](COCc2ccccc2)[C@@H](NC(=O)OC(C)(C)C)[C@H](c2ccccc2)N1C(=O)OCc1ccccc1. The molecule has 0 unspecified atom stereocenters. The third kappa shape index (κ3) is 7.60. The van der Waals surface area contributed by atoms with Crippen LogP contribution in [0.3, 0.4) is 0 Å². The number of nitrogens with zero attached hydrogens (tertiary/aromatic N) is 1. The molecule has 4 rings (SSSR count). The second-order valence-corrected chi connectivity index (χ2v) is 10.9. The quantitative estimate of drug-likeness (QED) is 0.360. The predicted molar refractivity (Wildman–Crippen MR) is 150 cm³/mol. The van der Waals surface area contributed by atoms with Crippen molar-refractivity contribution in [3.05, 3.63) is 108 Å². The first kappa shape index (κ1) is 28.2. The number of ether oxygens (including phenoxy) is 3. The fraction of sp³-hybridized carbons (Fsp3) is 0.375. The third-order valence-corrected chi connectivity index (χ3v) is 6.82. The van der Waals surface area contributed by atoms with Crippen LogP contribution in [0.15, 0.2) is 91.0 Å². The minimum atomic E-state index is -0.663. The highest BCUT2D eigenvalue weighted by Crippen LogP contribution is 2.41. The zero-order valence-corrected chi connectivity index (χ0v) is 23.1. The Morgan fingerprint density at radius 2 is 1.36 bits per heavy atom. The summed E-state index contributed by atoms with van der Waals surface area (Å²) in [5.41, 5.74) is 2.19. The molecule has 0 bridgehead atoms. The smallest absolute Gasteiger partial charge is 0.410 e. The fourth-order valence-electron chi connectivity index (χ4n) is 5.02. The van der Waals surface area contributed by atoms with E-state index in [1.54, 1.807) is 4.90 Å². The maximum Gasteiger partial charge on any atom is 0.410 e. The van der Waals surface area contributed by atoms with Crippen LogP contribution in [-0.4, -0.2) is 41.4 Å². The number of likely N-dealkylation sites (tertiary alicyclic amines) is 1. The van der Waals surface area contributed by atoms with Gasteiger partial charge in [-0.15, -0.1) is 0 Å². The van der Waals surface area contributed by atoms with Crippen molar-refractivity contribution in [1.29, 1.82) is 0 Å². The lowest BCUT2D eigenvalue weighted by atomic mass is 9.92. The molecule has 206 valence electrons. The summed E-state index contributed by atoms with van der Waals surface area (Å²) < 4.78 is 17.6. The lowest BCUT2D eigenvalue weighted by Crippen LogP contribution is -2.46. The Morgan fingerprint density at radius 3 is 1.92 bits per heavy atom. The van der Waals surface area contributed by atoms with Crippen LogP contribution in [0.4, 0.5) is 9.59 Å². The fourth-order valence-corrected chi connectivity index (χ4v) is 5.02. The maximum absolute atomic E-state index is 13.6. The number of carbonyl (C=O) groups excluding carboxylic acids is 2. The Hall–Kier alpha value is -3.84. The number of hydrogen-bond donors (Lipinski definition) is 1. The zero-order chi connectivity index (χ0) is 27.8. The number of rotatable bonds is 8. The Morgan fingerprint density at radius 1 is 0.821 bits per heavy atom. The van der Waals surface area contributed by atoms with Gasteiger partial charge in [0.05, 0.1) is 25.3 Å². The van der Waals surface area contributed by atoms with E-state index in [-0.39, 0.29) is 18.6 Å². The standard InChI is InChI=1S/C32H38N2O5/c1-23-27(22-37-20-24-14-8-5-9-15-24)28(33-30(35)39-32(2,3)4)29(26-18-12-7-13-19-26)34(23)31(36)38-21-25-16-10-6-11-17-25/h5-19,23,27-29H,20-22H2,1-4H3,(H,33,35)/t23-,27+,28+,29-/m0/s1. The molecule has 0 spiro atoms. The van der Waals surface area contributed by atoms with Gasteiger partial charge in [0.15, 0.2) is 0 Å². The van der Waals surface area contributed by atoms with Crippen molar-refractivity contribution < 1.29 is 23.8 Å². The van der Waals surface area contributed by atoms with Crippen molar-refractivity contribution in [2.75, 3.05) is 6.61 Å². The predicted octanol–water partition coefficient (Wildman–Crippen LogP) is 6.49. The van der Waals surface area contributed by atoms with Crippen LogP contribution in [0, 0.1) is 5.92 Å². The average Bonchev–Trinajstić information content (AvgIpc) is 3.18. The molecule has 1 aliphatic heterocycles.